The Bertz CT molecular complexity index is 2040. The van der Waals surface area contributed by atoms with Crippen molar-refractivity contribution in [2.75, 3.05) is 26.4 Å². The van der Waals surface area contributed by atoms with Gasteiger partial charge in [-0.05, 0) is 207 Å². The van der Waals surface area contributed by atoms with Crippen LogP contribution in [-0.4, -0.2) is 71.0 Å². The van der Waals surface area contributed by atoms with E-state index in [-0.39, 0.29) is 105 Å². The van der Waals surface area contributed by atoms with Crippen molar-refractivity contribution in [2.24, 2.45) is 100 Å². The Morgan fingerprint density at radius 2 is 0.859 bits per heavy atom. The van der Waals surface area contributed by atoms with E-state index in [1.165, 1.54) is 11.1 Å². The van der Waals surface area contributed by atoms with Crippen LogP contribution in [0.5, 0.6) is 0 Å². The van der Waals surface area contributed by atoms with Crippen molar-refractivity contribution in [3.05, 3.63) is 23.3 Å². The first-order valence-corrected chi connectivity index (χ1v) is 29.4. The molecule has 400 valence electrons. The average molecular weight is 985 g/mol. The standard InChI is InChI=1S/C63H100O8/c1-52(2)26-30-62(32-28-58(9)40(42(62)36-52)14-16-46-54(5)22-20-48(66)56(7,38-64)44(54)18-24-60(46,58)11)50(68)70-34-13-35-71-51(69)63-31-27-53(3,4)37-43(63)41-15-17-47-55(6)23-21-49(67)57(8,39-65)45(55)19-25-61(47,12)59(41,10)29-33-63/h14-15,42-49,64-67H,13,16-39H2,1-12H3/t42-,43-,44+,45+,46+,47+,48-,49-,54-,55-,56-,57-,58+,59+,60+,61+,62-,63-/m0/s1. The van der Waals surface area contributed by atoms with Crippen LogP contribution in [0.25, 0.3) is 0 Å². The second kappa shape index (κ2) is 16.9. The van der Waals surface area contributed by atoms with Crippen LogP contribution in [0.15, 0.2) is 23.3 Å². The van der Waals surface area contributed by atoms with Crippen molar-refractivity contribution in [1.82, 2.24) is 0 Å². The van der Waals surface area contributed by atoms with Gasteiger partial charge >= 0.3 is 11.9 Å². The van der Waals surface area contributed by atoms with Crippen LogP contribution in [0, 0.1) is 100 Å². The fourth-order valence-electron chi connectivity index (χ4n) is 21.9. The molecule has 0 aromatic carbocycles. The third kappa shape index (κ3) is 7.04. The number of aliphatic hydroxyl groups is 4. The molecule has 0 radical (unpaired) electrons. The van der Waals surface area contributed by atoms with E-state index in [2.05, 4.69) is 95.2 Å². The molecule has 0 unspecified atom stereocenters. The summed E-state index contributed by atoms with van der Waals surface area (Å²) in [4.78, 5) is 29.8. The number of ether oxygens (including phenoxy) is 2. The number of esters is 2. The van der Waals surface area contributed by atoms with Crippen LogP contribution in [-0.2, 0) is 19.1 Å². The maximum atomic E-state index is 14.9. The van der Waals surface area contributed by atoms with Crippen LogP contribution in [0.2, 0.25) is 0 Å². The Morgan fingerprint density at radius 1 is 0.493 bits per heavy atom. The van der Waals surface area contributed by atoms with E-state index in [9.17, 15) is 30.0 Å². The lowest BCUT2D eigenvalue weighted by Gasteiger charge is -2.71. The summed E-state index contributed by atoms with van der Waals surface area (Å²) in [5.74, 6) is 1.65. The van der Waals surface area contributed by atoms with Crippen molar-refractivity contribution in [2.45, 2.75) is 230 Å². The number of hydrogen-bond donors (Lipinski definition) is 4. The van der Waals surface area contributed by atoms with Gasteiger partial charge in [0.15, 0.2) is 0 Å². The van der Waals surface area contributed by atoms with Gasteiger partial charge in [0, 0.05) is 17.3 Å². The zero-order valence-electron chi connectivity index (χ0n) is 46.9. The Morgan fingerprint density at radius 3 is 1.23 bits per heavy atom. The van der Waals surface area contributed by atoms with Crippen molar-refractivity contribution in [3.8, 4) is 0 Å². The Balaban J connectivity index is 0.832. The number of carbonyl (C=O) groups is 2. The highest BCUT2D eigenvalue weighted by atomic mass is 16.5. The first-order valence-electron chi connectivity index (χ1n) is 29.4. The highest BCUT2D eigenvalue weighted by Crippen LogP contribution is 2.78. The molecule has 0 spiro atoms. The fourth-order valence-corrected chi connectivity index (χ4v) is 21.9. The highest BCUT2D eigenvalue weighted by molar-refractivity contribution is 5.79. The fraction of sp³-hybridized carbons (Fsp3) is 0.905. The number of rotatable bonds is 8. The van der Waals surface area contributed by atoms with Gasteiger partial charge in [-0.1, -0.05) is 106 Å². The lowest BCUT2D eigenvalue weighted by Crippen LogP contribution is -2.66. The Labute approximate surface area is 430 Å². The predicted molar refractivity (Wildman–Crippen MR) is 279 cm³/mol. The van der Waals surface area contributed by atoms with Crippen molar-refractivity contribution < 1.29 is 39.5 Å². The zero-order valence-corrected chi connectivity index (χ0v) is 46.9. The summed E-state index contributed by atoms with van der Waals surface area (Å²) in [6.45, 7) is 29.6. The molecule has 0 bridgehead atoms. The van der Waals surface area contributed by atoms with E-state index in [0.717, 1.165) is 128 Å². The largest absolute Gasteiger partial charge is 0.465 e. The van der Waals surface area contributed by atoms with Crippen LogP contribution < -0.4 is 0 Å². The molecule has 10 rings (SSSR count). The van der Waals surface area contributed by atoms with Gasteiger partial charge < -0.3 is 29.9 Å². The molecule has 4 N–H and O–H groups in total. The van der Waals surface area contributed by atoms with Crippen LogP contribution in [0.4, 0.5) is 0 Å². The normalized spacial score (nSPS) is 52.5. The summed E-state index contributed by atoms with van der Waals surface area (Å²) in [6, 6.07) is 0. The number of fused-ring (bicyclic) bond motifs is 14. The van der Waals surface area contributed by atoms with E-state index in [0.29, 0.717) is 18.3 Å². The molecule has 0 saturated heterocycles. The molecule has 10 aliphatic rings. The molecular formula is C63H100O8. The molecule has 0 aliphatic heterocycles. The molecule has 0 amide bonds. The monoisotopic (exact) mass is 985 g/mol. The van der Waals surface area contributed by atoms with Crippen molar-refractivity contribution >= 4 is 11.9 Å². The molecule has 18 atom stereocenters. The first-order chi connectivity index (χ1) is 33.1. The van der Waals surface area contributed by atoms with Crippen LogP contribution >= 0.6 is 0 Å². The SMILES string of the molecule is CC1(C)CC[C@]2(C(=O)OCCCOC(=O)[C@]34CCC(C)(C)C[C@H]3C3=CC[C@@H]5[C@@]6(C)CC[C@H](O)[C@@](C)(CO)[C@@H]6CC[C@@]5(C)[C@]3(C)CC4)CC[C@]3(C)C(=CC[C@@H]4[C@@]5(C)CC[C@H](O)[C@@](C)(CO)[C@@H]5CC[C@]43C)[C@@H]2C1. The molecule has 8 nitrogen and oxygen atoms in total. The Kier molecular flexibility index (Phi) is 12.5. The van der Waals surface area contributed by atoms with Crippen molar-refractivity contribution in [1.29, 1.82) is 0 Å². The summed E-state index contributed by atoms with van der Waals surface area (Å²) in [5.41, 5.74) is 1.32. The average Bonchev–Trinajstić information content (AvgIpc) is 3.31. The summed E-state index contributed by atoms with van der Waals surface area (Å²) in [5, 5.41) is 44.0. The zero-order chi connectivity index (χ0) is 51.4. The van der Waals surface area contributed by atoms with Gasteiger partial charge in [0.1, 0.15) is 0 Å². The van der Waals surface area contributed by atoms with Gasteiger partial charge in [0.2, 0.25) is 0 Å². The number of hydrogen-bond acceptors (Lipinski definition) is 8. The summed E-state index contributed by atoms with van der Waals surface area (Å²) < 4.78 is 12.8. The minimum absolute atomic E-state index is 0.0280. The molecule has 10 aliphatic carbocycles. The topological polar surface area (TPSA) is 134 Å². The second-order valence-corrected chi connectivity index (χ2v) is 30.8. The third-order valence-corrected chi connectivity index (χ3v) is 27.1. The van der Waals surface area contributed by atoms with Gasteiger partial charge in [-0.25, -0.2) is 0 Å². The summed E-state index contributed by atoms with van der Waals surface area (Å²) in [7, 11) is 0. The van der Waals surface area contributed by atoms with Crippen LogP contribution in [0.1, 0.15) is 218 Å². The number of aliphatic hydroxyl groups excluding tert-OH is 4. The molecule has 8 saturated carbocycles. The van der Waals surface area contributed by atoms with Gasteiger partial charge in [-0.2, -0.15) is 0 Å². The maximum absolute atomic E-state index is 14.9. The smallest absolute Gasteiger partial charge is 0.312 e. The van der Waals surface area contributed by atoms with Gasteiger partial charge in [0.05, 0.1) is 49.5 Å². The molecule has 0 heterocycles. The highest BCUT2D eigenvalue weighted by Gasteiger charge is 2.72. The third-order valence-electron chi connectivity index (χ3n) is 27.1. The number of allylic oxidation sites excluding steroid dienone is 4. The summed E-state index contributed by atoms with van der Waals surface area (Å²) >= 11 is 0. The van der Waals surface area contributed by atoms with E-state index < -0.39 is 33.9 Å². The second-order valence-electron chi connectivity index (χ2n) is 30.8. The molecule has 0 aromatic rings. The quantitative estimate of drug-likeness (QED) is 0.107. The molecule has 71 heavy (non-hydrogen) atoms. The molecule has 8 fully saturated rings. The van der Waals surface area contributed by atoms with Gasteiger partial charge in [0.25, 0.3) is 0 Å². The molecular weight excluding hydrogens is 885 g/mol. The Hall–Kier alpha value is -1.74. The lowest BCUT2D eigenvalue weighted by molar-refractivity contribution is -0.217. The molecule has 8 heteroatoms. The minimum Gasteiger partial charge on any atom is -0.465 e. The molecule has 0 aromatic heterocycles. The predicted octanol–water partition coefficient (Wildman–Crippen LogP) is 12.7. The first kappa shape index (κ1) is 52.7. The van der Waals surface area contributed by atoms with E-state index >= 15 is 0 Å². The van der Waals surface area contributed by atoms with Gasteiger partial charge in [-0.3, -0.25) is 9.59 Å². The maximum Gasteiger partial charge on any atom is 0.312 e. The van der Waals surface area contributed by atoms with E-state index in [4.69, 9.17) is 9.47 Å². The minimum atomic E-state index is -0.543. The van der Waals surface area contributed by atoms with Crippen LogP contribution in [0.3, 0.4) is 0 Å². The van der Waals surface area contributed by atoms with Gasteiger partial charge in [-0.15, -0.1) is 0 Å². The number of carbonyl (C=O) groups excluding carboxylic acids is 2. The lowest BCUT2D eigenvalue weighted by atomic mass is 9.33. The van der Waals surface area contributed by atoms with E-state index in [1.807, 2.05) is 0 Å². The van der Waals surface area contributed by atoms with E-state index in [1.54, 1.807) is 0 Å². The summed E-state index contributed by atoms with van der Waals surface area (Å²) in [6.07, 6.45) is 23.7. The van der Waals surface area contributed by atoms with Crippen molar-refractivity contribution in [3.63, 3.8) is 0 Å².